The summed E-state index contributed by atoms with van der Waals surface area (Å²) in [7, 11) is 0. The molecule has 0 amide bonds. The highest BCUT2D eigenvalue weighted by Crippen LogP contribution is 2.24. The van der Waals surface area contributed by atoms with Gasteiger partial charge in [-0.25, -0.2) is 0 Å². The van der Waals surface area contributed by atoms with Gasteiger partial charge in [0.1, 0.15) is 6.10 Å². The maximum Gasteiger partial charge on any atom is 0.258 e. The average molecular weight is 201 g/mol. The lowest BCUT2D eigenvalue weighted by Gasteiger charge is -2.24. The van der Waals surface area contributed by atoms with Crippen LogP contribution >= 0.6 is 0 Å². The molecule has 0 spiro atoms. The molecule has 2 atom stereocenters. The van der Waals surface area contributed by atoms with E-state index in [0.29, 0.717) is 5.90 Å². The normalized spacial score (nSPS) is 27.6. The lowest BCUT2D eigenvalue weighted by Crippen LogP contribution is -2.32. The topological polar surface area (TPSA) is 30.8 Å². The van der Waals surface area contributed by atoms with Crippen molar-refractivity contribution in [3.05, 3.63) is 48.0 Å². The van der Waals surface area contributed by atoms with Crippen molar-refractivity contribution in [2.24, 2.45) is 5.16 Å². The number of benzene rings is 1. The van der Waals surface area contributed by atoms with E-state index in [1.165, 1.54) is 0 Å². The van der Waals surface area contributed by atoms with Gasteiger partial charge in [0.25, 0.3) is 5.90 Å². The van der Waals surface area contributed by atoms with Gasteiger partial charge in [-0.15, -0.1) is 0 Å². The lowest BCUT2D eigenvalue weighted by molar-refractivity contribution is -0.0248. The summed E-state index contributed by atoms with van der Waals surface area (Å²) in [6.07, 6.45) is 5.06. The number of nitrogens with zero attached hydrogens (tertiary/aromatic N) is 1. The van der Waals surface area contributed by atoms with Gasteiger partial charge < -0.3 is 9.57 Å². The Hall–Kier alpha value is -1.77. The lowest BCUT2D eigenvalue weighted by atomic mass is 10.2. The molecule has 3 heteroatoms. The SMILES string of the molecule is C1=C[C@@H]2ON=C(c3ccccc3)O[C@@H]2C1. The van der Waals surface area contributed by atoms with Crippen molar-refractivity contribution in [1.29, 1.82) is 0 Å². The second-order valence-corrected chi connectivity index (χ2v) is 3.65. The van der Waals surface area contributed by atoms with Crippen LogP contribution in [0.4, 0.5) is 0 Å². The maximum atomic E-state index is 5.76. The predicted octanol–water partition coefficient (Wildman–Crippen LogP) is 2.09. The molecule has 3 nitrogen and oxygen atoms in total. The van der Waals surface area contributed by atoms with Crippen LogP contribution in [0.25, 0.3) is 0 Å². The van der Waals surface area contributed by atoms with Crippen LogP contribution in [0, 0.1) is 0 Å². The van der Waals surface area contributed by atoms with E-state index >= 15 is 0 Å². The third-order valence-electron chi connectivity index (χ3n) is 2.60. The third-order valence-corrected chi connectivity index (χ3v) is 2.60. The Morgan fingerprint density at radius 2 is 2.07 bits per heavy atom. The summed E-state index contributed by atoms with van der Waals surface area (Å²) in [6, 6.07) is 9.81. The summed E-state index contributed by atoms with van der Waals surface area (Å²) in [6.45, 7) is 0. The first-order valence-corrected chi connectivity index (χ1v) is 5.06. The molecule has 76 valence electrons. The standard InChI is InChI=1S/C12H11NO2/c1-2-5-9(6-3-1)12-13-15-11-8-4-7-10(11)14-12/h1-6,8,10-11H,7H2/t10-,11+/m1/s1. The van der Waals surface area contributed by atoms with Crippen molar-refractivity contribution in [2.75, 3.05) is 0 Å². The molecular weight excluding hydrogens is 190 g/mol. The smallest absolute Gasteiger partial charge is 0.258 e. The van der Waals surface area contributed by atoms with Crippen LogP contribution in [-0.4, -0.2) is 18.1 Å². The van der Waals surface area contributed by atoms with Gasteiger partial charge in [0.05, 0.1) is 0 Å². The zero-order valence-electron chi connectivity index (χ0n) is 8.17. The molecule has 0 aromatic heterocycles. The predicted molar refractivity (Wildman–Crippen MR) is 56.5 cm³/mol. The summed E-state index contributed by atoms with van der Waals surface area (Å²) in [4.78, 5) is 5.35. The second-order valence-electron chi connectivity index (χ2n) is 3.65. The molecule has 1 heterocycles. The van der Waals surface area contributed by atoms with Gasteiger partial charge in [-0.3, -0.25) is 0 Å². The van der Waals surface area contributed by atoms with Crippen molar-refractivity contribution < 1.29 is 9.57 Å². The molecule has 1 aromatic rings. The van der Waals surface area contributed by atoms with Crippen molar-refractivity contribution in [3.63, 3.8) is 0 Å². The summed E-state index contributed by atoms with van der Waals surface area (Å²) in [5, 5.41) is 3.99. The van der Waals surface area contributed by atoms with E-state index in [1.54, 1.807) is 0 Å². The maximum absolute atomic E-state index is 5.76. The summed E-state index contributed by atoms with van der Waals surface area (Å²) in [5.74, 6) is 0.584. The molecule has 0 radical (unpaired) electrons. The minimum atomic E-state index is -0.00235. The minimum absolute atomic E-state index is 0.00235. The molecule has 3 rings (SSSR count). The highest BCUT2D eigenvalue weighted by atomic mass is 16.7. The molecule has 1 aliphatic heterocycles. The van der Waals surface area contributed by atoms with Crippen LogP contribution in [-0.2, 0) is 9.57 Å². The highest BCUT2D eigenvalue weighted by Gasteiger charge is 2.31. The monoisotopic (exact) mass is 201 g/mol. The van der Waals surface area contributed by atoms with E-state index in [0.717, 1.165) is 12.0 Å². The summed E-state index contributed by atoms with van der Waals surface area (Å²) < 4.78 is 5.76. The van der Waals surface area contributed by atoms with Crippen molar-refractivity contribution in [3.8, 4) is 0 Å². The molecular formula is C12H11NO2. The number of fused-ring (bicyclic) bond motifs is 1. The van der Waals surface area contributed by atoms with Crippen molar-refractivity contribution in [1.82, 2.24) is 0 Å². The van der Waals surface area contributed by atoms with Crippen LogP contribution < -0.4 is 0 Å². The van der Waals surface area contributed by atoms with Crippen LogP contribution in [0.2, 0.25) is 0 Å². The van der Waals surface area contributed by atoms with E-state index in [4.69, 9.17) is 9.57 Å². The van der Waals surface area contributed by atoms with E-state index in [9.17, 15) is 0 Å². The van der Waals surface area contributed by atoms with Crippen molar-refractivity contribution in [2.45, 2.75) is 18.6 Å². The molecule has 15 heavy (non-hydrogen) atoms. The third kappa shape index (κ3) is 1.50. The van der Waals surface area contributed by atoms with E-state index in [-0.39, 0.29) is 12.2 Å². The minimum Gasteiger partial charge on any atom is -0.467 e. The molecule has 0 fully saturated rings. The molecule has 1 aliphatic carbocycles. The zero-order valence-corrected chi connectivity index (χ0v) is 8.17. The number of hydrogen-bond acceptors (Lipinski definition) is 3. The Balaban J connectivity index is 1.85. The molecule has 0 N–H and O–H groups in total. The molecule has 0 unspecified atom stereocenters. The van der Waals surface area contributed by atoms with Gasteiger partial charge in [-0.1, -0.05) is 24.3 Å². The largest absolute Gasteiger partial charge is 0.467 e. The zero-order chi connectivity index (χ0) is 10.1. The highest BCUT2D eigenvalue weighted by molar-refractivity contribution is 5.94. The summed E-state index contributed by atoms with van der Waals surface area (Å²) in [5.41, 5.74) is 0.961. The van der Waals surface area contributed by atoms with E-state index < -0.39 is 0 Å². The van der Waals surface area contributed by atoms with Gasteiger partial charge in [0.15, 0.2) is 6.10 Å². The fourth-order valence-electron chi connectivity index (χ4n) is 1.80. The van der Waals surface area contributed by atoms with Crippen LogP contribution in [0.5, 0.6) is 0 Å². The Morgan fingerprint density at radius 3 is 2.93 bits per heavy atom. The van der Waals surface area contributed by atoms with Crippen LogP contribution in [0.3, 0.4) is 0 Å². The number of ether oxygens (including phenoxy) is 1. The Morgan fingerprint density at radius 1 is 1.20 bits per heavy atom. The Labute approximate surface area is 88.0 Å². The average Bonchev–Trinajstić information content (AvgIpc) is 2.77. The Bertz CT molecular complexity index is 411. The first-order chi connectivity index (χ1) is 7.43. The van der Waals surface area contributed by atoms with E-state index in [2.05, 4.69) is 11.2 Å². The molecule has 0 saturated heterocycles. The number of rotatable bonds is 1. The second kappa shape index (κ2) is 3.42. The number of oxime groups is 1. The van der Waals surface area contributed by atoms with E-state index in [1.807, 2.05) is 36.4 Å². The fraction of sp³-hybridized carbons (Fsp3) is 0.250. The molecule has 1 aromatic carbocycles. The van der Waals surface area contributed by atoms with Crippen molar-refractivity contribution >= 4 is 5.90 Å². The van der Waals surface area contributed by atoms with Gasteiger partial charge in [0.2, 0.25) is 0 Å². The van der Waals surface area contributed by atoms with Gasteiger partial charge in [0, 0.05) is 12.0 Å². The van der Waals surface area contributed by atoms with Gasteiger partial charge >= 0.3 is 0 Å². The summed E-state index contributed by atoms with van der Waals surface area (Å²) >= 11 is 0. The van der Waals surface area contributed by atoms with Crippen LogP contribution in [0.15, 0.2) is 47.6 Å². The number of hydrogen-bond donors (Lipinski definition) is 0. The molecule has 0 saturated carbocycles. The molecule has 2 aliphatic rings. The quantitative estimate of drug-likeness (QED) is 0.651. The van der Waals surface area contributed by atoms with Gasteiger partial charge in [-0.2, -0.15) is 0 Å². The van der Waals surface area contributed by atoms with Gasteiger partial charge in [-0.05, 0) is 23.4 Å². The van der Waals surface area contributed by atoms with Crippen LogP contribution in [0.1, 0.15) is 12.0 Å². The molecule has 0 bridgehead atoms. The first kappa shape index (κ1) is 8.53. The Kier molecular flexibility index (Phi) is 1.95. The first-order valence-electron chi connectivity index (χ1n) is 5.06. The fourth-order valence-corrected chi connectivity index (χ4v) is 1.80.